The Hall–Kier alpha value is -1.83. The fraction of sp³-hybridized carbons (Fsp3) is 0.619. The molecule has 0 bridgehead atoms. The number of carboxylic acids is 1. The number of aliphatic carboxylic acids is 1. The molecule has 164 valence electrons. The van der Waals surface area contributed by atoms with E-state index in [4.69, 9.17) is 9.84 Å². The Bertz CT molecular complexity index is 627. The predicted molar refractivity (Wildman–Crippen MR) is 116 cm³/mol. The molecule has 1 heterocycles. The first-order chi connectivity index (χ1) is 13.5. The van der Waals surface area contributed by atoms with Crippen LogP contribution in [0.3, 0.4) is 0 Å². The molecule has 0 aromatic heterocycles. The zero-order valence-electron chi connectivity index (χ0n) is 17.4. The van der Waals surface area contributed by atoms with Gasteiger partial charge in [0, 0.05) is 19.1 Å². The van der Waals surface area contributed by atoms with Crippen LogP contribution in [0.25, 0.3) is 0 Å². The van der Waals surface area contributed by atoms with E-state index in [2.05, 4.69) is 17.1 Å². The van der Waals surface area contributed by atoms with Crippen molar-refractivity contribution in [1.29, 1.82) is 0 Å². The van der Waals surface area contributed by atoms with Crippen molar-refractivity contribution in [3.63, 3.8) is 0 Å². The lowest BCUT2D eigenvalue weighted by Gasteiger charge is -2.25. The molecule has 2 N–H and O–H groups in total. The monoisotopic (exact) mass is 427 g/mol. The maximum Gasteiger partial charge on any atom is 0.317 e. The molecule has 0 spiro atoms. The van der Waals surface area contributed by atoms with Crippen molar-refractivity contribution in [2.45, 2.75) is 45.2 Å². The number of likely N-dealkylation sites (tertiary alicyclic amines) is 1. The summed E-state index contributed by atoms with van der Waals surface area (Å²) in [6.07, 6.45) is 3.80. The number of carbonyl (C=O) groups excluding carboxylic acids is 1. The number of hydrogen-bond acceptors (Lipinski definition) is 5. The van der Waals surface area contributed by atoms with Crippen molar-refractivity contribution in [2.24, 2.45) is 0 Å². The minimum atomic E-state index is -0.798. The lowest BCUT2D eigenvalue weighted by atomic mass is 10.1. The van der Waals surface area contributed by atoms with Gasteiger partial charge in [-0.05, 0) is 57.0 Å². The molecular weight excluding hydrogens is 394 g/mol. The van der Waals surface area contributed by atoms with Crippen LogP contribution >= 0.6 is 12.4 Å². The summed E-state index contributed by atoms with van der Waals surface area (Å²) in [6, 6.07) is 8.07. The van der Waals surface area contributed by atoms with E-state index < -0.39 is 5.97 Å². The molecule has 1 aliphatic rings. The number of hydrogen-bond donors (Lipinski definition) is 2. The van der Waals surface area contributed by atoms with Gasteiger partial charge in [0.2, 0.25) is 5.91 Å². The molecule has 2 rings (SSSR count). The van der Waals surface area contributed by atoms with Crippen molar-refractivity contribution >= 4 is 24.3 Å². The summed E-state index contributed by atoms with van der Waals surface area (Å²) < 4.78 is 5.56. The SMILES string of the molecule is CCCOc1ccc(CNC(=O)CN2CCCC(N(C)CC(=O)O)CC2)cc1.Cl. The predicted octanol–water partition coefficient (Wildman–Crippen LogP) is 2.38. The molecular formula is C21H34ClN3O4. The molecule has 0 saturated carbocycles. The van der Waals surface area contributed by atoms with Gasteiger partial charge in [0.15, 0.2) is 0 Å². The number of likely N-dealkylation sites (N-methyl/N-ethyl adjacent to an activating group) is 1. The summed E-state index contributed by atoms with van der Waals surface area (Å²) in [5.41, 5.74) is 1.04. The van der Waals surface area contributed by atoms with E-state index in [0.717, 1.165) is 50.1 Å². The molecule has 0 radical (unpaired) electrons. The van der Waals surface area contributed by atoms with Crippen molar-refractivity contribution in [1.82, 2.24) is 15.1 Å². The second kappa shape index (κ2) is 13.4. The number of halogens is 1. The van der Waals surface area contributed by atoms with Crippen molar-refractivity contribution in [3.8, 4) is 5.75 Å². The van der Waals surface area contributed by atoms with Gasteiger partial charge in [-0.1, -0.05) is 19.1 Å². The molecule has 7 nitrogen and oxygen atoms in total. The third-order valence-electron chi connectivity index (χ3n) is 5.05. The summed E-state index contributed by atoms with van der Waals surface area (Å²) in [5.74, 6) is 0.0699. The van der Waals surface area contributed by atoms with Gasteiger partial charge in [0.25, 0.3) is 0 Å². The number of rotatable bonds is 10. The van der Waals surface area contributed by atoms with E-state index in [9.17, 15) is 9.59 Å². The first kappa shape index (κ1) is 25.2. The Labute approximate surface area is 179 Å². The zero-order chi connectivity index (χ0) is 20.4. The quantitative estimate of drug-likeness (QED) is 0.596. The van der Waals surface area contributed by atoms with Gasteiger partial charge in [-0.2, -0.15) is 0 Å². The van der Waals surface area contributed by atoms with Gasteiger partial charge < -0.3 is 15.2 Å². The molecule has 1 unspecified atom stereocenters. The van der Waals surface area contributed by atoms with E-state index >= 15 is 0 Å². The Morgan fingerprint density at radius 2 is 1.97 bits per heavy atom. The Morgan fingerprint density at radius 3 is 2.62 bits per heavy atom. The second-order valence-corrected chi connectivity index (χ2v) is 7.44. The number of benzene rings is 1. The molecule has 1 aromatic carbocycles. The summed E-state index contributed by atoms with van der Waals surface area (Å²) in [6.45, 7) is 5.41. The zero-order valence-corrected chi connectivity index (χ0v) is 18.2. The summed E-state index contributed by atoms with van der Waals surface area (Å²) in [5, 5.41) is 11.9. The summed E-state index contributed by atoms with van der Waals surface area (Å²) >= 11 is 0. The van der Waals surface area contributed by atoms with Crippen LogP contribution in [0.5, 0.6) is 5.75 Å². The first-order valence-corrected chi connectivity index (χ1v) is 10.1. The Balaban J connectivity index is 0.00000420. The maximum atomic E-state index is 12.3. The maximum absolute atomic E-state index is 12.3. The molecule has 29 heavy (non-hydrogen) atoms. The number of carboxylic acid groups (broad SMARTS) is 1. The van der Waals surface area contributed by atoms with E-state index in [1.54, 1.807) is 0 Å². The lowest BCUT2D eigenvalue weighted by molar-refractivity contribution is -0.138. The minimum Gasteiger partial charge on any atom is -0.494 e. The topological polar surface area (TPSA) is 82.1 Å². The van der Waals surface area contributed by atoms with Gasteiger partial charge in [0.05, 0.1) is 19.7 Å². The van der Waals surface area contributed by atoms with Crippen LogP contribution in [0, 0.1) is 0 Å². The van der Waals surface area contributed by atoms with Crippen LogP contribution in [0.1, 0.15) is 38.2 Å². The number of nitrogens with one attached hydrogen (secondary N) is 1. The highest BCUT2D eigenvalue weighted by atomic mass is 35.5. The third kappa shape index (κ3) is 9.47. The molecule has 1 amide bonds. The molecule has 8 heteroatoms. The third-order valence-corrected chi connectivity index (χ3v) is 5.05. The van der Waals surface area contributed by atoms with Gasteiger partial charge in [-0.15, -0.1) is 12.4 Å². The van der Waals surface area contributed by atoms with Gasteiger partial charge in [-0.3, -0.25) is 19.4 Å². The van der Waals surface area contributed by atoms with E-state index in [1.807, 2.05) is 36.2 Å². The van der Waals surface area contributed by atoms with Crippen LogP contribution in [0.15, 0.2) is 24.3 Å². The summed E-state index contributed by atoms with van der Waals surface area (Å²) in [7, 11) is 1.86. The second-order valence-electron chi connectivity index (χ2n) is 7.44. The van der Waals surface area contributed by atoms with Crippen molar-refractivity contribution < 1.29 is 19.4 Å². The van der Waals surface area contributed by atoms with Crippen LogP contribution in [0.2, 0.25) is 0 Å². The van der Waals surface area contributed by atoms with E-state index in [0.29, 0.717) is 19.7 Å². The smallest absolute Gasteiger partial charge is 0.317 e. The lowest BCUT2D eigenvalue weighted by Crippen LogP contribution is -2.39. The highest BCUT2D eigenvalue weighted by Gasteiger charge is 2.22. The Kier molecular flexibility index (Phi) is 11.7. The molecule has 1 saturated heterocycles. The van der Waals surface area contributed by atoms with Crippen LogP contribution in [-0.2, 0) is 16.1 Å². The summed E-state index contributed by atoms with van der Waals surface area (Å²) in [4.78, 5) is 27.3. The first-order valence-electron chi connectivity index (χ1n) is 10.1. The largest absolute Gasteiger partial charge is 0.494 e. The molecule has 0 aliphatic carbocycles. The van der Waals surface area contributed by atoms with Gasteiger partial charge in [0.1, 0.15) is 5.75 Å². The molecule has 1 aliphatic heterocycles. The van der Waals surface area contributed by atoms with Gasteiger partial charge >= 0.3 is 5.97 Å². The normalized spacial score (nSPS) is 17.3. The molecule has 1 aromatic rings. The number of carbonyl (C=O) groups is 2. The average molecular weight is 428 g/mol. The van der Waals surface area contributed by atoms with E-state index in [-0.39, 0.29) is 30.9 Å². The number of ether oxygens (including phenoxy) is 1. The average Bonchev–Trinajstić information content (AvgIpc) is 2.90. The van der Waals surface area contributed by atoms with Crippen molar-refractivity contribution in [3.05, 3.63) is 29.8 Å². The highest BCUT2D eigenvalue weighted by Crippen LogP contribution is 2.16. The minimum absolute atomic E-state index is 0. The molecule has 1 fully saturated rings. The highest BCUT2D eigenvalue weighted by molar-refractivity contribution is 5.85. The fourth-order valence-electron chi connectivity index (χ4n) is 3.46. The Morgan fingerprint density at radius 1 is 1.24 bits per heavy atom. The van der Waals surface area contributed by atoms with Crippen LogP contribution in [-0.4, -0.2) is 72.7 Å². The van der Waals surface area contributed by atoms with Crippen molar-refractivity contribution in [2.75, 3.05) is 39.8 Å². The van der Waals surface area contributed by atoms with Crippen LogP contribution < -0.4 is 10.1 Å². The number of nitrogens with zero attached hydrogens (tertiary/aromatic N) is 2. The van der Waals surface area contributed by atoms with Gasteiger partial charge in [-0.25, -0.2) is 0 Å². The van der Waals surface area contributed by atoms with E-state index in [1.165, 1.54) is 0 Å². The molecule has 1 atom stereocenters. The van der Waals surface area contributed by atoms with Crippen LogP contribution in [0.4, 0.5) is 0 Å². The number of amides is 1. The standard InChI is InChI=1S/C21H33N3O4.ClH/c1-3-13-28-19-8-6-17(7-9-19)14-22-20(25)15-24-11-4-5-18(10-12-24)23(2)16-21(26)27;/h6-9,18H,3-5,10-16H2,1-2H3,(H,22,25)(H,26,27);1H. The fourth-order valence-corrected chi connectivity index (χ4v) is 3.46.